The van der Waals surface area contributed by atoms with Crippen LogP contribution in [0.3, 0.4) is 0 Å². The Labute approximate surface area is 156 Å². The van der Waals surface area contributed by atoms with E-state index in [9.17, 15) is 13.2 Å². The first-order chi connectivity index (χ1) is 11.9. The van der Waals surface area contributed by atoms with Crippen molar-refractivity contribution in [1.82, 2.24) is 9.88 Å². The molecular weight excluding hydrogens is 442 g/mol. The van der Waals surface area contributed by atoms with Gasteiger partial charge in [0.05, 0.1) is 18.4 Å². The molecule has 0 bridgehead atoms. The highest BCUT2D eigenvalue weighted by atomic mass is 127. The molecule has 0 aromatic carbocycles. The monoisotopic (exact) mass is 463 g/mol. The summed E-state index contributed by atoms with van der Waals surface area (Å²) in [6.07, 6.45) is 7.15. The van der Waals surface area contributed by atoms with E-state index in [2.05, 4.69) is 38.7 Å². The lowest BCUT2D eigenvalue weighted by Gasteiger charge is -2.36. The summed E-state index contributed by atoms with van der Waals surface area (Å²) in [4.78, 5) is 7.91. The van der Waals surface area contributed by atoms with E-state index >= 15 is 0 Å². The van der Waals surface area contributed by atoms with Crippen molar-refractivity contribution in [3.05, 3.63) is 42.3 Å². The SMILES string of the molecule is C=IC1C=CC(c2cncc(N3CCN(CC(F)(F)F)CC3)c2)=CC1. The smallest absolute Gasteiger partial charge is 0.368 e. The van der Waals surface area contributed by atoms with Crippen LogP contribution in [0.15, 0.2) is 36.7 Å². The Morgan fingerprint density at radius 1 is 1.20 bits per heavy atom. The Morgan fingerprint density at radius 3 is 2.56 bits per heavy atom. The molecular formula is C18H21F3IN3. The number of hydrogen-bond donors (Lipinski definition) is 0. The van der Waals surface area contributed by atoms with Gasteiger partial charge >= 0.3 is 6.18 Å². The Morgan fingerprint density at radius 2 is 1.96 bits per heavy atom. The van der Waals surface area contributed by atoms with Gasteiger partial charge in [-0.1, -0.05) is 22.7 Å². The summed E-state index contributed by atoms with van der Waals surface area (Å²) in [7, 11) is 0. The molecule has 3 nitrogen and oxygen atoms in total. The van der Waals surface area contributed by atoms with E-state index in [1.807, 2.05) is 6.20 Å². The molecule has 0 amide bonds. The molecule has 0 radical (unpaired) electrons. The molecule has 1 atom stereocenters. The van der Waals surface area contributed by atoms with Crippen molar-refractivity contribution in [3.63, 3.8) is 0 Å². The molecule has 0 saturated carbocycles. The number of halogens is 4. The highest BCUT2D eigenvalue weighted by Gasteiger charge is 2.32. The highest BCUT2D eigenvalue weighted by Crippen LogP contribution is 2.28. The predicted octanol–water partition coefficient (Wildman–Crippen LogP) is 3.88. The third-order valence-electron chi connectivity index (χ3n) is 4.44. The minimum absolute atomic E-state index is 0.0254. The first-order valence-corrected chi connectivity index (χ1v) is 11.0. The minimum atomic E-state index is -4.13. The van der Waals surface area contributed by atoms with Crippen LogP contribution in [0.1, 0.15) is 12.0 Å². The van der Waals surface area contributed by atoms with Gasteiger partial charge in [0.2, 0.25) is 0 Å². The zero-order valence-corrected chi connectivity index (χ0v) is 16.0. The number of allylic oxidation sites excluding steroid dienone is 4. The van der Waals surface area contributed by atoms with E-state index in [1.54, 1.807) is 6.20 Å². The molecule has 2 aliphatic rings. The van der Waals surface area contributed by atoms with Crippen LogP contribution in [0.5, 0.6) is 0 Å². The number of aromatic nitrogens is 1. The maximum atomic E-state index is 12.5. The number of pyridine rings is 1. The predicted molar refractivity (Wildman–Crippen MR) is 106 cm³/mol. The standard InChI is InChI=1S/C18H21F3IN3/c1-22-16-4-2-14(3-5-16)15-10-17(12-23-11-15)25-8-6-24(7-9-25)13-18(19,20)21/h2-4,10-12,16H,1,5-9,13H2. The molecule has 2 heterocycles. The molecule has 7 heteroatoms. The quantitative estimate of drug-likeness (QED) is 0.499. The van der Waals surface area contributed by atoms with Crippen molar-refractivity contribution < 1.29 is 13.2 Å². The second-order valence-corrected chi connectivity index (χ2v) is 8.72. The fourth-order valence-electron chi connectivity index (χ4n) is 3.10. The van der Waals surface area contributed by atoms with Crippen LogP contribution in [-0.4, -0.2) is 57.2 Å². The Hall–Kier alpha value is -1.22. The second kappa shape index (κ2) is 7.99. The third-order valence-corrected chi connectivity index (χ3v) is 6.50. The van der Waals surface area contributed by atoms with Gasteiger partial charge in [-0.3, -0.25) is 9.88 Å². The largest absolute Gasteiger partial charge is 0.401 e. The highest BCUT2D eigenvalue weighted by molar-refractivity contribution is 14.2. The zero-order valence-electron chi connectivity index (χ0n) is 13.8. The van der Waals surface area contributed by atoms with Gasteiger partial charge in [-0.25, -0.2) is 0 Å². The summed E-state index contributed by atoms with van der Waals surface area (Å²) in [5.41, 5.74) is 3.20. The molecule has 1 unspecified atom stereocenters. The summed E-state index contributed by atoms with van der Waals surface area (Å²) in [6.45, 7) is 1.18. The van der Waals surface area contributed by atoms with Crippen LogP contribution in [0, 0.1) is 0 Å². The third kappa shape index (κ3) is 5.13. The van der Waals surface area contributed by atoms with Crippen molar-refractivity contribution in [3.8, 4) is 0 Å². The van der Waals surface area contributed by atoms with E-state index in [-0.39, 0.29) is 20.7 Å². The summed E-state index contributed by atoms with van der Waals surface area (Å²) in [5.74, 6) is 0. The summed E-state index contributed by atoms with van der Waals surface area (Å²) in [6, 6.07) is 2.09. The second-order valence-electron chi connectivity index (χ2n) is 6.23. The molecule has 1 aliphatic carbocycles. The summed E-state index contributed by atoms with van der Waals surface area (Å²) >= 11 is -0.0254. The van der Waals surface area contributed by atoms with Crippen molar-refractivity contribution in [2.24, 2.45) is 0 Å². The number of alkyl halides is 4. The van der Waals surface area contributed by atoms with Crippen LogP contribution in [0.4, 0.5) is 18.9 Å². The summed E-state index contributed by atoms with van der Waals surface area (Å²) in [5, 5.41) is 0. The molecule has 1 fully saturated rings. The molecule has 0 N–H and O–H groups in total. The van der Waals surface area contributed by atoms with E-state index in [4.69, 9.17) is 0 Å². The number of anilines is 1. The van der Waals surface area contributed by atoms with Gasteiger partial charge in [-0.15, -0.1) is 20.7 Å². The lowest BCUT2D eigenvalue weighted by molar-refractivity contribution is -0.146. The maximum Gasteiger partial charge on any atom is 0.401 e. The van der Waals surface area contributed by atoms with Gasteiger partial charge in [0.25, 0.3) is 0 Å². The van der Waals surface area contributed by atoms with Gasteiger partial charge in [-0.2, -0.15) is 13.2 Å². The molecule has 25 heavy (non-hydrogen) atoms. The zero-order chi connectivity index (χ0) is 17.9. The van der Waals surface area contributed by atoms with Gasteiger partial charge in [0.1, 0.15) is 0 Å². The van der Waals surface area contributed by atoms with E-state index in [1.165, 1.54) is 10.5 Å². The van der Waals surface area contributed by atoms with Gasteiger partial charge in [-0.05, 0) is 18.1 Å². The number of piperazine rings is 1. The van der Waals surface area contributed by atoms with Gasteiger partial charge in [0.15, 0.2) is 0 Å². The Balaban J connectivity index is 1.64. The van der Waals surface area contributed by atoms with Crippen molar-refractivity contribution >= 4 is 36.5 Å². The fraction of sp³-hybridized carbons (Fsp3) is 0.444. The Bertz CT molecular complexity index is 676. The van der Waals surface area contributed by atoms with Crippen LogP contribution in [-0.2, 0) is 0 Å². The average molecular weight is 463 g/mol. The van der Waals surface area contributed by atoms with Gasteiger partial charge in [0, 0.05) is 41.9 Å². The normalized spacial score (nSPS) is 22.1. The molecule has 136 valence electrons. The number of nitrogens with zero attached hydrogens (tertiary/aromatic N) is 3. The molecule has 1 saturated heterocycles. The van der Waals surface area contributed by atoms with Crippen molar-refractivity contribution in [2.45, 2.75) is 16.5 Å². The molecule has 1 aromatic rings. The van der Waals surface area contributed by atoms with E-state index in [0.29, 0.717) is 30.1 Å². The van der Waals surface area contributed by atoms with Crippen molar-refractivity contribution in [2.75, 3.05) is 37.6 Å². The lowest BCUT2D eigenvalue weighted by atomic mass is 10.0. The maximum absolute atomic E-state index is 12.5. The van der Waals surface area contributed by atoms with E-state index < -0.39 is 12.7 Å². The molecule has 1 aromatic heterocycles. The van der Waals surface area contributed by atoms with Crippen molar-refractivity contribution in [1.29, 1.82) is 0 Å². The van der Waals surface area contributed by atoms with Crippen LogP contribution in [0.25, 0.3) is 5.57 Å². The molecule has 0 spiro atoms. The van der Waals surface area contributed by atoms with Crippen LogP contribution in [0.2, 0.25) is 0 Å². The molecule has 1 aliphatic heterocycles. The first-order valence-electron chi connectivity index (χ1n) is 8.19. The lowest BCUT2D eigenvalue weighted by Crippen LogP contribution is -2.49. The first kappa shape index (κ1) is 18.6. The van der Waals surface area contributed by atoms with Crippen LogP contribution < -0.4 is 4.90 Å². The number of rotatable bonds is 4. The minimum Gasteiger partial charge on any atom is -0.368 e. The van der Waals surface area contributed by atoms with Gasteiger partial charge < -0.3 is 4.90 Å². The topological polar surface area (TPSA) is 19.4 Å². The number of hydrogen-bond acceptors (Lipinski definition) is 3. The summed E-state index contributed by atoms with van der Waals surface area (Å²) < 4.78 is 42.1. The van der Waals surface area contributed by atoms with Crippen LogP contribution >= 0.6 is 20.7 Å². The fourth-order valence-corrected chi connectivity index (χ4v) is 4.21. The van der Waals surface area contributed by atoms with E-state index in [0.717, 1.165) is 17.7 Å². The Kier molecular flexibility index (Phi) is 5.93. The molecule has 3 rings (SSSR count). The average Bonchev–Trinajstić information content (AvgIpc) is 2.61.